The molecule has 0 spiro atoms. The number of carbonyl (C=O) groups is 1. The van der Waals surface area contributed by atoms with Crippen LogP contribution in [0.15, 0.2) is 30.3 Å². The van der Waals surface area contributed by atoms with Crippen LogP contribution in [0.2, 0.25) is 0 Å². The second-order valence-electron chi connectivity index (χ2n) is 4.35. The molecule has 1 fully saturated rings. The minimum absolute atomic E-state index is 0. The fraction of sp³-hybridized carbons (Fsp3) is 0.462. The highest BCUT2D eigenvalue weighted by Crippen LogP contribution is 2.24. The van der Waals surface area contributed by atoms with Gasteiger partial charge in [-0.3, -0.25) is 4.79 Å². The summed E-state index contributed by atoms with van der Waals surface area (Å²) < 4.78 is 0. The molecule has 1 aliphatic rings. The largest absolute Gasteiger partial charge is 0.412 e. The fourth-order valence-electron chi connectivity index (χ4n) is 2.42. The molecule has 0 saturated carbocycles. The Bertz CT molecular complexity index is 348. The van der Waals surface area contributed by atoms with Gasteiger partial charge in [0.2, 0.25) is 5.91 Å². The molecule has 0 radical (unpaired) electrons. The van der Waals surface area contributed by atoms with Gasteiger partial charge in [0.15, 0.2) is 0 Å². The number of amides is 1. The number of benzene rings is 1. The molecule has 1 saturated heterocycles. The van der Waals surface area contributed by atoms with Crippen LogP contribution in [0.5, 0.6) is 0 Å². The summed E-state index contributed by atoms with van der Waals surface area (Å²) in [6.45, 7) is 0.987. The van der Waals surface area contributed by atoms with Crippen LogP contribution in [0.1, 0.15) is 30.7 Å². The van der Waals surface area contributed by atoms with Gasteiger partial charge in [-0.05, 0) is 24.9 Å². The van der Waals surface area contributed by atoms with Crippen LogP contribution in [0, 0.1) is 0 Å². The molecule has 1 heterocycles. The first-order valence-corrected chi connectivity index (χ1v) is 5.86. The third kappa shape index (κ3) is 3.28. The minimum Gasteiger partial charge on any atom is -0.412 e. The van der Waals surface area contributed by atoms with Gasteiger partial charge >= 0.3 is 0 Å². The Morgan fingerprint density at radius 1 is 1.29 bits per heavy atom. The van der Waals surface area contributed by atoms with Crippen LogP contribution < -0.4 is 11.1 Å². The third-order valence-electron chi connectivity index (χ3n) is 3.22. The number of piperidine rings is 1. The van der Waals surface area contributed by atoms with Crippen molar-refractivity contribution in [2.45, 2.75) is 31.2 Å². The van der Waals surface area contributed by atoms with E-state index in [1.807, 2.05) is 30.3 Å². The molecule has 2 atom stereocenters. The highest BCUT2D eigenvalue weighted by atomic mass is 16.1. The molecule has 94 valence electrons. The molecule has 2 rings (SSSR count). The summed E-state index contributed by atoms with van der Waals surface area (Å²) in [6, 6.07) is 10.0. The van der Waals surface area contributed by atoms with Crippen LogP contribution in [-0.4, -0.2) is 24.0 Å². The highest BCUT2D eigenvalue weighted by Gasteiger charge is 2.28. The standard InChI is InChI=1S/C13H18N2O.H2O/c14-13(16)12(10-6-2-1-3-7-10)11-8-4-5-9-15-11;/h1-3,6-7,11-12,15H,4-5,8-9H2,(H2,14,16);1H2. The van der Waals surface area contributed by atoms with E-state index >= 15 is 0 Å². The van der Waals surface area contributed by atoms with Gasteiger partial charge in [0.1, 0.15) is 0 Å². The van der Waals surface area contributed by atoms with E-state index in [9.17, 15) is 4.79 Å². The molecular weight excluding hydrogens is 216 g/mol. The molecule has 0 aromatic heterocycles. The number of nitrogens with one attached hydrogen (secondary N) is 1. The predicted octanol–water partition coefficient (Wildman–Crippen LogP) is 0.573. The molecular formula is C13H20N2O2. The van der Waals surface area contributed by atoms with Crippen molar-refractivity contribution >= 4 is 5.91 Å². The van der Waals surface area contributed by atoms with E-state index in [0.29, 0.717) is 0 Å². The number of rotatable bonds is 3. The first-order chi connectivity index (χ1) is 7.79. The zero-order valence-corrected chi connectivity index (χ0v) is 9.86. The lowest BCUT2D eigenvalue weighted by Gasteiger charge is -2.29. The average Bonchev–Trinajstić information content (AvgIpc) is 2.31. The van der Waals surface area contributed by atoms with E-state index < -0.39 is 0 Å². The van der Waals surface area contributed by atoms with Crippen LogP contribution in [0.4, 0.5) is 0 Å². The van der Waals surface area contributed by atoms with Crippen LogP contribution >= 0.6 is 0 Å². The minimum atomic E-state index is -0.231. The van der Waals surface area contributed by atoms with Crippen molar-refractivity contribution in [3.8, 4) is 0 Å². The normalized spacial score (nSPS) is 21.3. The SMILES string of the molecule is NC(=O)C(c1ccccc1)C1CCCCN1.O. The smallest absolute Gasteiger partial charge is 0.226 e. The van der Waals surface area contributed by atoms with Crippen molar-refractivity contribution in [3.63, 3.8) is 0 Å². The molecule has 2 unspecified atom stereocenters. The summed E-state index contributed by atoms with van der Waals surface area (Å²) in [7, 11) is 0. The zero-order chi connectivity index (χ0) is 11.4. The summed E-state index contributed by atoms with van der Waals surface area (Å²) >= 11 is 0. The zero-order valence-electron chi connectivity index (χ0n) is 9.86. The van der Waals surface area contributed by atoms with Crippen molar-refractivity contribution in [2.24, 2.45) is 5.73 Å². The van der Waals surface area contributed by atoms with Gasteiger partial charge in [0.25, 0.3) is 0 Å². The van der Waals surface area contributed by atoms with Gasteiger partial charge in [0, 0.05) is 6.04 Å². The Morgan fingerprint density at radius 2 is 2.00 bits per heavy atom. The number of hydrogen-bond donors (Lipinski definition) is 2. The molecule has 17 heavy (non-hydrogen) atoms. The van der Waals surface area contributed by atoms with Crippen molar-refractivity contribution in [3.05, 3.63) is 35.9 Å². The van der Waals surface area contributed by atoms with Gasteiger partial charge < -0.3 is 16.5 Å². The number of nitrogens with two attached hydrogens (primary N) is 1. The van der Waals surface area contributed by atoms with Crippen LogP contribution in [0.3, 0.4) is 0 Å². The Balaban J connectivity index is 0.00000144. The maximum absolute atomic E-state index is 11.6. The fourth-order valence-corrected chi connectivity index (χ4v) is 2.42. The molecule has 1 aromatic carbocycles. The molecule has 1 aliphatic heterocycles. The quantitative estimate of drug-likeness (QED) is 0.804. The van der Waals surface area contributed by atoms with E-state index in [2.05, 4.69) is 5.32 Å². The summed E-state index contributed by atoms with van der Waals surface area (Å²) in [6.07, 6.45) is 3.40. The molecule has 1 amide bonds. The first-order valence-electron chi connectivity index (χ1n) is 5.86. The molecule has 0 aliphatic carbocycles. The molecule has 0 bridgehead atoms. The highest BCUT2D eigenvalue weighted by molar-refractivity contribution is 5.82. The van der Waals surface area contributed by atoms with E-state index in [4.69, 9.17) is 5.73 Å². The van der Waals surface area contributed by atoms with Gasteiger partial charge in [-0.25, -0.2) is 0 Å². The first kappa shape index (κ1) is 13.7. The van der Waals surface area contributed by atoms with E-state index in [0.717, 1.165) is 18.5 Å². The summed E-state index contributed by atoms with van der Waals surface area (Å²) in [5, 5.41) is 3.40. The monoisotopic (exact) mass is 236 g/mol. The van der Waals surface area contributed by atoms with Gasteiger partial charge in [-0.2, -0.15) is 0 Å². The van der Waals surface area contributed by atoms with Crippen LogP contribution in [-0.2, 0) is 4.79 Å². The third-order valence-corrected chi connectivity index (χ3v) is 3.22. The van der Waals surface area contributed by atoms with E-state index in [1.54, 1.807) is 0 Å². The topological polar surface area (TPSA) is 86.6 Å². The van der Waals surface area contributed by atoms with E-state index in [1.165, 1.54) is 12.8 Å². The maximum atomic E-state index is 11.6. The number of carbonyl (C=O) groups excluding carboxylic acids is 1. The lowest BCUT2D eigenvalue weighted by atomic mass is 9.86. The van der Waals surface area contributed by atoms with E-state index in [-0.39, 0.29) is 23.3 Å². The average molecular weight is 236 g/mol. The molecule has 1 aromatic rings. The van der Waals surface area contributed by atoms with Crippen molar-refractivity contribution in [1.82, 2.24) is 5.32 Å². The second kappa shape index (κ2) is 6.37. The van der Waals surface area contributed by atoms with Crippen molar-refractivity contribution < 1.29 is 10.3 Å². The Morgan fingerprint density at radius 3 is 2.53 bits per heavy atom. The second-order valence-corrected chi connectivity index (χ2v) is 4.35. The Kier molecular flexibility index (Phi) is 5.12. The predicted molar refractivity (Wildman–Crippen MR) is 67.6 cm³/mol. The summed E-state index contributed by atoms with van der Waals surface area (Å²) in [5.41, 5.74) is 6.54. The van der Waals surface area contributed by atoms with Gasteiger partial charge in [0.05, 0.1) is 5.92 Å². The number of primary amides is 1. The van der Waals surface area contributed by atoms with Gasteiger partial charge in [-0.15, -0.1) is 0 Å². The lowest BCUT2D eigenvalue weighted by molar-refractivity contribution is -0.120. The number of hydrogen-bond acceptors (Lipinski definition) is 2. The molecule has 4 nitrogen and oxygen atoms in total. The van der Waals surface area contributed by atoms with Crippen molar-refractivity contribution in [1.29, 1.82) is 0 Å². The maximum Gasteiger partial charge on any atom is 0.226 e. The Labute approximate surface area is 102 Å². The van der Waals surface area contributed by atoms with Crippen molar-refractivity contribution in [2.75, 3.05) is 6.54 Å². The summed E-state index contributed by atoms with van der Waals surface area (Å²) in [4.78, 5) is 11.6. The molecule has 4 heteroatoms. The Hall–Kier alpha value is -1.39. The van der Waals surface area contributed by atoms with Gasteiger partial charge in [-0.1, -0.05) is 36.8 Å². The van der Waals surface area contributed by atoms with Crippen LogP contribution in [0.25, 0.3) is 0 Å². The lowest BCUT2D eigenvalue weighted by Crippen LogP contribution is -2.43. The molecule has 5 N–H and O–H groups in total. The summed E-state index contributed by atoms with van der Waals surface area (Å²) in [5.74, 6) is -0.424.